The van der Waals surface area contributed by atoms with E-state index in [1.165, 1.54) is 24.3 Å². The van der Waals surface area contributed by atoms with Crippen molar-refractivity contribution in [3.8, 4) is 5.75 Å². The summed E-state index contributed by atoms with van der Waals surface area (Å²) in [7, 11) is 0. The average molecular weight is 410 g/mol. The number of halogens is 2. The summed E-state index contributed by atoms with van der Waals surface area (Å²) in [6.07, 6.45) is 2.29. The van der Waals surface area contributed by atoms with E-state index in [4.69, 9.17) is 32.7 Å². The summed E-state index contributed by atoms with van der Waals surface area (Å²) in [5.74, 6) is -0.948. The number of nitrogens with zero attached hydrogens (tertiary/aromatic N) is 1. The van der Waals surface area contributed by atoms with Gasteiger partial charge in [-0.05, 0) is 49.1 Å². The zero-order valence-electron chi connectivity index (χ0n) is 14.3. The zero-order chi connectivity index (χ0) is 19.4. The summed E-state index contributed by atoms with van der Waals surface area (Å²) in [5.41, 5.74) is 0.578. The van der Waals surface area contributed by atoms with Crippen molar-refractivity contribution in [1.29, 1.82) is 0 Å². The normalized spacial score (nSPS) is 17.9. The Morgan fingerprint density at radius 3 is 2.48 bits per heavy atom. The predicted molar refractivity (Wildman–Crippen MR) is 102 cm³/mol. The summed E-state index contributed by atoms with van der Waals surface area (Å²) < 4.78 is 11.3. The van der Waals surface area contributed by atoms with Crippen LogP contribution in [0.25, 0.3) is 0 Å². The molecule has 6 nitrogen and oxygen atoms in total. The first-order valence-electron chi connectivity index (χ1n) is 8.48. The molecule has 8 heteroatoms. The van der Waals surface area contributed by atoms with Gasteiger partial charge in [-0.25, -0.2) is 0 Å². The molecule has 0 amide bonds. The lowest BCUT2D eigenvalue weighted by molar-refractivity contribution is -0.384. The zero-order valence-corrected chi connectivity index (χ0v) is 15.8. The highest BCUT2D eigenvalue weighted by atomic mass is 35.5. The van der Waals surface area contributed by atoms with Crippen LogP contribution in [0.1, 0.15) is 30.7 Å². The monoisotopic (exact) mass is 409 g/mol. The lowest BCUT2D eigenvalue weighted by atomic mass is 9.89. The van der Waals surface area contributed by atoms with Gasteiger partial charge < -0.3 is 9.47 Å². The van der Waals surface area contributed by atoms with Crippen LogP contribution in [0.15, 0.2) is 42.5 Å². The molecule has 1 fully saturated rings. The van der Waals surface area contributed by atoms with Gasteiger partial charge in [-0.1, -0.05) is 29.3 Å². The molecule has 2 aromatic carbocycles. The number of carbonyl (C=O) groups excluding carboxylic acids is 1. The topological polar surface area (TPSA) is 78.7 Å². The number of ether oxygens (including phenoxy) is 2. The van der Waals surface area contributed by atoms with Crippen LogP contribution in [0.5, 0.6) is 5.75 Å². The second-order valence-corrected chi connectivity index (χ2v) is 7.04. The van der Waals surface area contributed by atoms with Crippen molar-refractivity contribution in [3.63, 3.8) is 0 Å². The van der Waals surface area contributed by atoms with Gasteiger partial charge in [-0.15, -0.1) is 0 Å². The molecule has 1 heterocycles. The maximum atomic E-state index is 12.9. The number of hydrogen-bond donors (Lipinski definition) is 0. The number of carbonyl (C=O) groups is 1. The van der Waals surface area contributed by atoms with Gasteiger partial charge in [-0.2, -0.15) is 0 Å². The van der Waals surface area contributed by atoms with E-state index in [0.29, 0.717) is 22.2 Å². The first-order valence-corrected chi connectivity index (χ1v) is 9.24. The van der Waals surface area contributed by atoms with Crippen molar-refractivity contribution in [1.82, 2.24) is 0 Å². The Hall–Kier alpha value is -2.15. The molecule has 142 valence electrons. The Kier molecular flexibility index (Phi) is 6.31. The highest BCUT2D eigenvalue weighted by Gasteiger charge is 2.34. The number of rotatable bonds is 5. The van der Waals surface area contributed by atoms with Gasteiger partial charge in [0.05, 0.1) is 21.1 Å². The van der Waals surface area contributed by atoms with Crippen LogP contribution in [0, 0.1) is 10.1 Å². The number of hydrogen-bond acceptors (Lipinski definition) is 5. The van der Waals surface area contributed by atoms with Crippen molar-refractivity contribution in [3.05, 3.63) is 68.2 Å². The van der Waals surface area contributed by atoms with Crippen LogP contribution in [-0.2, 0) is 9.53 Å². The summed E-state index contributed by atoms with van der Waals surface area (Å²) >= 11 is 12.1. The van der Waals surface area contributed by atoms with Gasteiger partial charge in [0.1, 0.15) is 11.7 Å². The third-order valence-electron chi connectivity index (χ3n) is 4.41. The summed E-state index contributed by atoms with van der Waals surface area (Å²) in [6, 6.07) is 10.4. The minimum Gasteiger partial charge on any atom is -0.426 e. The molecular weight excluding hydrogens is 393 g/mol. The van der Waals surface area contributed by atoms with Crippen LogP contribution < -0.4 is 4.74 Å². The highest BCUT2D eigenvalue weighted by Crippen LogP contribution is 2.34. The van der Waals surface area contributed by atoms with E-state index in [0.717, 1.165) is 19.3 Å². The molecule has 2 atom stereocenters. The molecule has 0 aromatic heterocycles. The first kappa shape index (κ1) is 19.6. The molecule has 2 aromatic rings. The standard InChI is InChI=1S/C19H17Cl2NO5/c20-15-9-4-12(11-16(15)21)18(17-3-1-2-10-26-17)19(23)27-14-7-5-13(6-8-14)22(24)25/h4-9,11,17-18H,1-3,10H2/t17-,18+/m0/s1. The number of benzene rings is 2. The summed E-state index contributed by atoms with van der Waals surface area (Å²) in [4.78, 5) is 23.2. The van der Waals surface area contributed by atoms with Crippen LogP contribution in [0.3, 0.4) is 0 Å². The van der Waals surface area contributed by atoms with E-state index in [1.807, 2.05) is 0 Å². The minimum atomic E-state index is -0.671. The molecule has 1 aliphatic rings. The third-order valence-corrected chi connectivity index (χ3v) is 5.15. The Balaban J connectivity index is 1.85. The molecule has 0 unspecified atom stereocenters. The molecule has 1 saturated heterocycles. The quantitative estimate of drug-likeness (QED) is 0.295. The highest BCUT2D eigenvalue weighted by molar-refractivity contribution is 6.42. The third kappa shape index (κ3) is 4.77. The van der Waals surface area contributed by atoms with Gasteiger partial charge in [0.2, 0.25) is 0 Å². The molecule has 1 aliphatic heterocycles. The van der Waals surface area contributed by atoms with Crippen molar-refractivity contribution in [2.45, 2.75) is 31.3 Å². The predicted octanol–water partition coefficient (Wildman–Crippen LogP) is 5.16. The van der Waals surface area contributed by atoms with E-state index in [9.17, 15) is 14.9 Å². The van der Waals surface area contributed by atoms with Crippen molar-refractivity contribution >= 4 is 34.9 Å². The lowest BCUT2D eigenvalue weighted by Crippen LogP contribution is -2.34. The Bertz CT molecular complexity index is 834. The van der Waals surface area contributed by atoms with Crippen LogP contribution in [0.2, 0.25) is 10.0 Å². The summed E-state index contributed by atoms with van der Waals surface area (Å²) in [5, 5.41) is 11.5. The molecule has 27 heavy (non-hydrogen) atoms. The van der Waals surface area contributed by atoms with Crippen molar-refractivity contribution < 1.29 is 19.2 Å². The Morgan fingerprint density at radius 1 is 1.15 bits per heavy atom. The van der Waals surface area contributed by atoms with E-state index < -0.39 is 16.8 Å². The molecular formula is C19H17Cl2NO5. The molecule has 0 bridgehead atoms. The van der Waals surface area contributed by atoms with E-state index in [-0.39, 0.29) is 17.5 Å². The second kappa shape index (κ2) is 8.69. The van der Waals surface area contributed by atoms with Crippen LogP contribution in [-0.4, -0.2) is 23.6 Å². The molecule has 0 spiro atoms. The fourth-order valence-corrected chi connectivity index (χ4v) is 3.36. The van der Waals surface area contributed by atoms with Crippen molar-refractivity contribution in [2.75, 3.05) is 6.61 Å². The van der Waals surface area contributed by atoms with E-state index in [2.05, 4.69) is 0 Å². The second-order valence-electron chi connectivity index (χ2n) is 6.23. The minimum absolute atomic E-state index is 0.0774. The first-order chi connectivity index (χ1) is 13.0. The maximum Gasteiger partial charge on any atom is 0.321 e. The van der Waals surface area contributed by atoms with Gasteiger partial charge in [0.15, 0.2) is 0 Å². The fraction of sp³-hybridized carbons (Fsp3) is 0.316. The van der Waals surface area contributed by atoms with Gasteiger partial charge in [0, 0.05) is 18.7 Å². The van der Waals surface area contributed by atoms with Crippen molar-refractivity contribution in [2.24, 2.45) is 0 Å². The Morgan fingerprint density at radius 2 is 1.89 bits per heavy atom. The fourth-order valence-electron chi connectivity index (χ4n) is 3.05. The van der Waals surface area contributed by atoms with Crippen LogP contribution >= 0.6 is 23.2 Å². The average Bonchev–Trinajstić information content (AvgIpc) is 2.66. The largest absolute Gasteiger partial charge is 0.426 e. The van der Waals surface area contributed by atoms with Gasteiger partial charge in [0.25, 0.3) is 5.69 Å². The number of nitro groups is 1. The van der Waals surface area contributed by atoms with E-state index >= 15 is 0 Å². The van der Waals surface area contributed by atoms with Gasteiger partial charge in [-0.3, -0.25) is 14.9 Å². The number of non-ortho nitro benzene ring substituents is 1. The van der Waals surface area contributed by atoms with E-state index in [1.54, 1.807) is 18.2 Å². The molecule has 0 N–H and O–H groups in total. The smallest absolute Gasteiger partial charge is 0.321 e. The summed E-state index contributed by atoms with van der Waals surface area (Å²) in [6.45, 7) is 0.577. The van der Waals surface area contributed by atoms with Gasteiger partial charge >= 0.3 is 5.97 Å². The molecule has 0 radical (unpaired) electrons. The number of nitro benzene ring substituents is 1. The molecule has 0 saturated carbocycles. The lowest BCUT2D eigenvalue weighted by Gasteiger charge is -2.29. The SMILES string of the molecule is O=C(Oc1ccc([N+](=O)[O-])cc1)[C@H](c1ccc(Cl)c(Cl)c1)[C@@H]1CCCCO1. The maximum absolute atomic E-state index is 12.9. The van der Waals surface area contributed by atoms with Crippen LogP contribution in [0.4, 0.5) is 5.69 Å². The molecule has 3 rings (SSSR count). The molecule has 0 aliphatic carbocycles. The number of esters is 1. The Labute approximate surface area is 166 Å².